The second-order valence-electron chi connectivity index (χ2n) is 7.44. The molecule has 148 valence electrons. The van der Waals surface area contributed by atoms with E-state index in [1.807, 2.05) is 48.2 Å². The van der Waals surface area contributed by atoms with E-state index in [1.54, 1.807) is 30.9 Å². The van der Waals surface area contributed by atoms with Crippen molar-refractivity contribution in [3.8, 4) is 11.4 Å². The largest absolute Gasteiger partial charge is 0.363 e. The Hall–Kier alpha value is -3.35. The molecule has 4 heterocycles. The van der Waals surface area contributed by atoms with Crippen LogP contribution in [0.2, 0.25) is 0 Å². The van der Waals surface area contributed by atoms with E-state index in [-0.39, 0.29) is 11.8 Å². The lowest BCUT2D eigenvalue weighted by molar-refractivity contribution is 0.0705. The van der Waals surface area contributed by atoms with Crippen molar-refractivity contribution in [3.63, 3.8) is 0 Å². The van der Waals surface area contributed by atoms with Crippen molar-refractivity contribution in [2.24, 2.45) is 0 Å². The molecule has 1 saturated heterocycles. The first-order valence-corrected chi connectivity index (χ1v) is 9.78. The third kappa shape index (κ3) is 4.23. The van der Waals surface area contributed by atoms with Gasteiger partial charge >= 0.3 is 0 Å². The van der Waals surface area contributed by atoms with Crippen LogP contribution in [-0.2, 0) is 0 Å². The molecular weight excluding hydrogens is 364 g/mol. The van der Waals surface area contributed by atoms with E-state index in [1.165, 1.54) is 0 Å². The maximum atomic E-state index is 12.9. The first-order valence-electron chi connectivity index (χ1n) is 9.78. The Kier molecular flexibility index (Phi) is 5.46. The molecule has 3 aromatic heterocycles. The molecule has 1 atom stereocenters. The Morgan fingerprint density at radius 3 is 2.66 bits per heavy atom. The molecule has 4 rings (SSSR count). The number of piperidine rings is 1. The van der Waals surface area contributed by atoms with Crippen LogP contribution in [0.3, 0.4) is 0 Å². The van der Waals surface area contributed by atoms with Crippen molar-refractivity contribution < 1.29 is 4.79 Å². The van der Waals surface area contributed by atoms with Crippen LogP contribution in [0.4, 0.5) is 5.82 Å². The summed E-state index contributed by atoms with van der Waals surface area (Å²) in [7, 11) is 3.95. The minimum absolute atomic E-state index is 0.0269. The number of likely N-dealkylation sites (tertiary alicyclic amines) is 1. The van der Waals surface area contributed by atoms with Crippen LogP contribution in [0.25, 0.3) is 11.4 Å². The Morgan fingerprint density at radius 2 is 1.93 bits per heavy atom. The molecular formula is C22H24N6O. The van der Waals surface area contributed by atoms with Crippen LogP contribution in [0.15, 0.2) is 55.1 Å². The molecule has 0 aromatic carbocycles. The number of hydrogen-bond acceptors (Lipinski definition) is 6. The van der Waals surface area contributed by atoms with Gasteiger partial charge in [-0.2, -0.15) is 0 Å². The summed E-state index contributed by atoms with van der Waals surface area (Å²) < 4.78 is 0. The van der Waals surface area contributed by atoms with E-state index < -0.39 is 0 Å². The summed E-state index contributed by atoms with van der Waals surface area (Å²) >= 11 is 0. The fourth-order valence-electron chi connectivity index (χ4n) is 3.60. The number of pyridine rings is 2. The van der Waals surface area contributed by atoms with Crippen molar-refractivity contribution in [1.29, 1.82) is 0 Å². The van der Waals surface area contributed by atoms with Crippen molar-refractivity contribution >= 4 is 11.7 Å². The summed E-state index contributed by atoms with van der Waals surface area (Å²) in [6, 6.07) is 9.47. The predicted octanol–water partition coefficient (Wildman–Crippen LogP) is 3.02. The van der Waals surface area contributed by atoms with Crippen LogP contribution >= 0.6 is 0 Å². The molecule has 0 unspecified atom stereocenters. The average Bonchev–Trinajstić information content (AvgIpc) is 2.79. The third-order valence-electron chi connectivity index (χ3n) is 5.16. The fourth-order valence-corrected chi connectivity index (χ4v) is 3.60. The molecule has 29 heavy (non-hydrogen) atoms. The summed E-state index contributed by atoms with van der Waals surface area (Å²) in [5, 5.41) is 0. The maximum Gasteiger partial charge on any atom is 0.255 e. The zero-order chi connectivity index (χ0) is 20.2. The van der Waals surface area contributed by atoms with E-state index in [4.69, 9.17) is 9.97 Å². The summed E-state index contributed by atoms with van der Waals surface area (Å²) in [5.41, 5.74) is 2.53. The summed E-state index contributed by atoms with van der Waals surface area (Å²) in [4.78, 5) is 34.5. The zero-order valence-corrected chi connectivity index (χ0v) is 16.7. The molecule has 0 bridgehead atoms. The van der Waals surface area contributed by atoms with E-state index in [0.29, 0.717) is 17.9 Å². The predicted molar refractivity (Wildman–Crippen MR) is 112 cm³/mol. The first kappa shape index (κ1) is 19.0. The number of nitrogens with zero attached hydrogens (tertiary/aromatic N) is 6. The summed E-state index contributed by atoms with van der Waals surface area (Å²) in [5.74, 6) is 1.74. The number of carbonyl (C=O) groups is 1. The van der Waals surface area contributed by atoms with E-state index in [0.717, 1.165) is 36.5 Å². The molecule has 0 spiro atoms. The molecule has 1 amide bonds. The molecule has 7 heteroatoms. The van der Waals surface area contributed by atoms with Gasteiger partial charge in [0.25, 0.3) is 5.91 Å². The quantitative estimate of drug-likeness (QED) is 0.684. The van der Waals surface area contributed by atoms with Crippen molar-refractivity contribution in [2.75, 3.05) is 32.1 Å². The van der Waals surface area contributed by atoms with Crippen LogP contribution in [0, 0.1) is 0 Å². The molecule has 1 aliphatic heterocycles. The number of aromatic nitrogens is 4. The molecule has 0 N–H and O–H groups in total. The number of amides is 1. The molecule has 1 aliphatic rings. The van der Waals surface area contributed by atoms with Crippen LogP contribution in [0.5, 0.6) is 0 Å². The van der Waals surface area contributed by atoms with Crippen LogP contribution in [-0.4, -0.2) is 57.9 Å². The van der Waals surface area contributed by atoms with Gasteiger partial charge in [-0.1, -0.05) is 0 Å². The van der Waals surface area contributed by atoms with Crippen LogP contribution < -0.4 is 4.90 Å². The molecule has 3 aromatic rings. The molecule has 0 radical (unpaired) electrons. The lowest BCUT2D eigenvalue weighted by atomic mass is 9.93. The normalized spacial score (nSPS) is 16.5. The van der Waals surface area contributed by atoms with Gasteiger partial charge < -0.3 is 9.80 Å². The highest BCUT2D eigenvalue weighted by molar-refractivity contribution is 5.94. The van der Waals surface area contributed by atoms with Gasteiger partial charge in [0.1, 0.15) is 5.82 Å². The zero-order valence-electron chi connectivity index (χ0n) is 16.7. The molecule has 1 fully saturated rings. The minimum atomic E-state index is 0.0269. The van der Waals surface area contributed by atoms with Gasteiger partial charge in [-0.15, -0.1) is 0 Å². The van der Waals surface area contributed by atoms with Gasteiger partial charge in [0.2, 0.25) is 0 Å². The highest BCUT2D eigenvalue weighted by atomic mass is 16.2. The summed E-state index contributed by atoms with van der Waals surface area (Å²) in [6.07, 6.45) is 8.74. The van der Waals surface area contributed by atoms with Crippen molar-refractivity contribution in [3.05, 3.63) is 66.4 Å². The van der Waals surface area contributed by atoms with Crippen molar-refractivity contribution in [1.82, 2.24) is 24.8 Å². The third-order valence-corrected chi connectivity index (χ3v) is 5.16. The Labute approximate surface area is 170 Å². The number of rotatable bonds is 4. The van der Waals surface area contributed by atoms with E-state index in [2.05, 4.69) is 9.97 Å². The van der Waals surface area contributed by atoms with E-state index >= 15 is 0 Å². The first-order chi connectivity index (χ1) is 14.1. The van der Waals surface area contributed by atoms with Gasteiger partial charge in [0.05, 0.1) is 11.3 Å². The van der Waals surface area contributed by atoms with Crippen LogP contribution in [0.1, 0.15) is 34.8 Å². The highest BCUT2D eigenvalue weighted by Crippen LogP contribution is 2.30. The second-order valence-corrected chi connectivity index (χ2v) is 7.44. The topological polar surface area (TPSA) is 75.1 Å². The molecule has 7 nitrogen and oxygen atoms in total. The second kappa shape index (κ2) is 8.34. The van der Waals surface area contributed by atoms with Gasteiger partial charge in [-0.25, -0.2) is 9.97 Å². The monoisotopic (exact) mass is 388 g/mol. The van der Waals surface area contributed by atoms with Gasteiger partial charge in [-0.05, 0) is 37.1 Å². The van der Waals surface area contributed by atoms with E-state index in [9.17, 15) is 4.79 Å². The number of hydrogen-bond donors (Lipinski definition) is 0. The van der Waals surface area contributed by atoms with Gasteiger partial charge in [0, 0.05) is 69.5 Å². The smallest absolute Gasteiger partial charge is 0.255 e. The lowest BCUT2D eigenvalue weighted by Gasteiger charge is -2.33. The Balaban J connectivity index is 1.63. The van der Waals surface area contributed by atoms with Gasteiger partial charge in [-0.3, -0.25) is 14.8 Å². The molecule has 0 saturated carbocycles. The number of carbonyl (C=O) groups excluding carboxylic acids is 1. The average molecular weight is 388 g/mol. The fraction of sp³-hybridized carbons (Fsp3) is 0.318. The maximum absolute atomic E-state index is 12.9. The van der Waals surface area contributed by atoms with Gasteiger partial charge in [0.15, 0.2) is 5.82 Å². The Morgan fingerprint density at radius 1 is 1.10 bits per heavy atom. The lowest BCUT2D eigenvalue weighted by Crippen LogP contribution is -2.39. The SMILES string of the molecule is CN(C)c1cc([C@@H]2CCCN(C(=O)c3cccnc3)C2)nc(-c2ccncc2)n1. The summed E-state index contributed by atoms with van der Waals surface area (Å²) in [6.45, 7) is 1.40. The van der Waals surface area contributed by atoms with Crippen molar-refractivity contribution in [2.45, 2.75) is 18.8 Å². The highest BCUT2D eigenvalue weighted by Gasteiger charge is 2.27. The molecule has 0 aliphatic carbocycles. The number of anilines is 1. The minimum Gasteiger partial charge on any atom is -0.363 e. The standard InChI is InChI=1S/C22H24N6O/c1-27(2)20-13-19(25-21(26-20)16-7-10-23-11-8-16)18-6-4-12-28(15-18)22(29)17-5-3-9-24-14-17/h3,5,7-11,13-14,18H,4,6,12,15H2,1-2H3/t18-/m1/s1. The Bertz CT molecular complexity index is 977.